The van der Waals surface area contributed by atoms with Crippen LogP contribution < -0.4 is 4.74 Å². The van der Waals surface area contributed by atoms with Crippen LogP contribution >= 0.6 is 15.9 Å². The molecule has 0 aliphatic rings. The summed E-state index contributed by atoms with van der Waals surface area (Å²) in [5, 5.41) is 8.87. The SMILES string of the molecule is CC(C)c1cc(Br)ccc1Oc1ccc(C(=O)O)cc1. The molecule has 20 heavy (non-hydrogen) atoms. The van der Waals surface area contributed by atoms with Gasteiger partial charge in [0, 0.05) is 4.47 Å². The van der Waals surface area contributed by atoms with Gasteiger partial charge in [-0.05, 0) is 53.9 Å². The van der Waals surface area contributed by atoms with Gasteiger partial charge in [0.25, 0.3) is 0 Å². The lowest BCUT2D eigenvalue weighted by atomic mass is 10.0. The highest BCUT2D eigenvalue weighted by atomic mass is 79.9. The van der Waals surface area contributed by atoms with Crippen LogP contribution in [-0.4, -0.2) is 11.1 Å². The van der Waals surface area contributed by atoms with Gasteiger partial charge in [0.15, 0.2) is 0 Å². The van der Waals surface area contributed by atoms with Gasteiger partial charge < -0.3 is 9.84 Å². The van der Waals surface area contributed by atoms with E-state index in [1.54, 1.807) is 12.1 Å². The number of benzene rings is 2. The zero-order valence-corrected chi connectivity index (χ0v) is 12.8. The zero-order chi connectivity index (χ0) is 14.7. The first kappa shape index (κ1) is 14.6. The standard InChI is InChI=1S/C16H15BrO3/c1-10(2)14-9-12(17)5-8-15(14)20-13-6-3-11(4-7-13)16(18)19/h3-10H,1-2H3,(H,18,19). The van der Waals surface area contributed by atoms with Gasteiger partial charge in [-0.15, -0.1) is 0 Å². The summed E-state index contributed by atoms with van der Waals surface area (Å²) in [4.78, 5) is 10.8. The van der Waals surface area contributed by atoms with Gasteiger partial charge in [0.1, 0.15) is 11.5 Å². The van der Waals surface area contributed by atoms with Crippen molar-refractivity contribution in [3.8, 4) is 11.5 Å². The van der Waals surface area contributed by atoms with Crippen molar-refractivity contribution in [1.29, 1.82) is 0 Å². The molecule has 0 heterocycles. The molecule has 0 fully saturated rings. The van der Waals surface area contributed by atoms with Crippen LogP contribution in [0.15, 0.2) is 46.9 Å². The fraction of sp³-hybridized carbons (Fsp3) is 0.188. The molecule has 2 aromatic carbocycles. The zero-order valence-electron chi connectivity index (χ0n) is 11.3. The molecular weight excluding hydrogens is 320 g/mol. The van der Waals surface area contributed by atoms with Crippen LogP contribution in [0.1, 0.15) is 35.7 Å². The fourth-order valence-corrected chi connectivity index (χ4v) is 2.23. The third-order valence-corrected chi connectivity index (χ3v) is 3.42. The first-order valence-electron chi connectivity index (χ1n) is 6.28. The Kier molecular flexibility index (Phi) is 4.45. The van der Waals surface area contributed by atoms with Crippen LogP contribution in [0.5, 0.6) is 11.5 Å². The molecule has 2 aromatic rings. The average molecular weight is 335 g/mol. The van der Waals surface area contributed by atoms with E-state index in [0.717, 1.165) is 15.8 Å². The molecule has 0 bridgehead atoms. The van der Waals surface area contributed by atoms with Gasteiger partial charge in [-0.3, -0.25) is 0 Å². The van der Waals surface area contributed by atoms with E-state index in [2.05, 4.69) is 29.8 Å². The van der Waals surface area contributed by atoms with Crippen molar-refractivity contribution < 1.29 is 14.6 Å². The number of ether oxygens (including phenoxy) is 1. The van der Waals surface area contributed by atoms with Crippen LogP contribution in [0, 0.1) is 0 Å². The molecule has 0 aliphatic heterocycles. The Morgan fingerprint density at radius 3 is 2.35 bits per heavy atom. The van der Waals surface area contributed by atoms with E-state index in [1.165, 1.54) is 12.1 Å². The lowest BCUT2D eigenvalue weighted by Gasteiger charge is -2.14. The van der Waals surface area contributed by atoms with Crippen LogP contribution in [0.3, 0.4) is 0 Å². The maximum Gasteiger partial charge on any atom is 0.335 e. The molecule has 0 saturated heterocycles. The number of rotatable bonds is 4. The average Bonchev–Trinajstić information content (AvgIpc) is 2.41. The number of carboxylic acid groups (broad SMARTS) is 1. The molecule has 0 aliphatic carbocycles. The second-order valence-electron chi connectivity index (χ2n) is 4.77. The minimum Gasteiger partial charge on any atom is -0.478 e. The summed E-state index contributed by atoms with van der Waals surface area (Å²) in [6.07, 6.45) is 0. The highest BCUT2D eigenvalue weighted by molar-refractivity contribution is 9.10. The Bertz CT molecular complexity index is 618. The predicted octanol–water partition coefficient (Wildman–Crippen LogP) is 5.06. The van der Waals surface area contributed by atoms with Crippen LogP contribution in [0.25, 0.3) is 0 Å². The third kappa shape index (κ3) is 3.39. The molecule has 104 valence electrons. The summed E-state index contributed by atoms with van der Waals surface area (Å²) < 4.78 is 6.86. The first-order chi connectivity index (χ1) is 9.47. The predicted molar refractivity (Wildman–Crippen MR) is 81.7 cm³/mol. The number of hydrogen-bond acceptors (Lipinski definition) is 2. The molecule has 0 saturated carbocycles. The third-order valence-electron chi connectivity index (χ3n) is 2.92. The maximum absolute atomic E-state index is 10.8. The quantitative estimate of drug-likeness (QED) is 0.849. The first-order valence-corrected chi connectivity index (χ1v) is 7.07. The molecule has 0 aromatic heterocycles. The maximum atomic E-state index is 10.8. The molecule has 0 amide bonds. The van der Waals surface area contributed by atoms with E-state index < -0.39 is 5.97 Å². The van der Waals surface area contributed by atoms with Crippen molar-refractivity contribution in [1.82, 2.24) is 0 Å². The number of hydrogen-bond donors (Lipinski definition) is 1. The summed E-state index contributed by atoms with van der Waals surface area (Å²) >= 11 is 3.45. The second-order valence-corrected chi connectivity index (χ2v) is 5.68. The molecule has 4 heteroatoms. The summed E-state index contributed by atoms with van der Waals surface area (Å²) in [6.45, 7) is 4.20. The van der Waals surface area contributed by atoms with Crippen molar-refractivity contribution in [3.63, 3.8) is 0 Å². The second kappa shape index (κ2) is 6.09. The molecule has 1 N–H and O–H groups in total. The molecule has 0 spiro atoms. The smallest absolute Gasteiger partial charge is 0.335 e. The minimum absolute atomic E-state index is 0.247. The number of carboxylic acids is 1. The number of aromatic carboxylic acids is 1. The Morgan fingerprint density at radius 2 is 1.80 bits per heavy atom. The van der Waals surface area contributed by atoms with E-state index in [0.29, 0.717) is 11.7 Å². The van der Waals surface area contributed by atoms with Crippen molar-refractivity contribution in [2.75, 3.05) is 0 Å². The lowest BCUT2D eigenvalue weighted by Crippen LogP contribution is -1.97. The Balaban J connectivity index is 2.27. The van der Waals surface area contributed by atoms with E-state index in [9.17, 15) is 4.79 Å². The molecule has 0 radical (unpaired) electrons. The van der Waals surface area contributed by atoms with Crippen molar-refractivity contribution in [2.24, 2.45) is 0 Å². The highest BCUT2D eigenvalue weighted by Crippen LogP contribution is 2.32. The highest BCUT2D eigenvalue weighted by Gasteiger charge is 2.10. The Labute approximate surface area is 126 Å². The Morgan fingerprint density at radius 1 is 1.15 bits per heavy atom. The fourth-order valence-electron chi connectivity index (χ4n) is 1.86. The van der Waals surface area contributed by atoms with Gasteiger partial charge in [-0.2, -0.15) is 0 Å². The van der Waals surface area contributed by atoms with E-state index >= 15 is 0 Å². The molecule has 3 nitrogen and oxygen atoms in total. The molecular formula is C16H15BrO3. The monoisotopic (exact) mass is 334 g/mol. The van der Waals surface area contributed by atoms with Crippen molar-refractivity contribution in [2.45, 2.75) is 19.8 Å². The van der Waals surface area contributed by atoms with Gasteiger partial charge in [0.05, 0.1) is 5.56 Å². The summed E-state index contributed by atoms with van der Waals surface area (Å²) in [7, 11) is 0. The van der Waals surface area contributed by atoms with Crippen LogP contribution in [0.4, 0.5) is 0 Å². The van der Waals surface area contributed by atoms with Crippen LogP contribution in [-0.2, 0) is 0 Å². The minimum atomic E-state index is -0.942. The molecule has 0 atom stereocenters. The summed E-state index contributed by atoms with van der Waals surface area (Å²) in [6, 6.07) is 12.3. The largest absolute Gasteiger partial charge is 0.478 e. The van der Waals surface area contributed by atoms with E-state index in [4.69, 9.17) is 9.84 Å². The Hall–Kier alpha value is -1.81. The normalized spacial score (nSPS) is 10.6. The summed E-state index contributed by atoms with van der Waals surface area (Å²) in [5.41, 5.74) is 1.35. The van der Waals surface area contributed by atoms with Crippen molar-refractivity contribution >= 4 is 21.9 Å². The van der Waals surface area contributed by atoms with Crippen LogP contribution in [0.2, 0.25) is 0 Å². The van der Waals surface area contributed by atoms with Gasteiger partial charge in [0.2, 0.25) is 0 Å². The molecule has 2 rings (SSSR count). The number of halogens is 1. The lowest BCUT2D eigenvalue weighted by molar-refractivity contribution is 0.0697. The molecule has 0 unspecified atom stereocenters. The van der Waals surface area contributed by atoms with Gasteiger partial charge in [-0.25, -0.2) is 4.79 Å². The summed E-state index contributed by atoms with van der Waals surface area (Å²) in [5.74, 6) is 0.800. The van der Waals surface area contributed by atoms with Gasteiger partial charge >= 0.3 is 5.97 Å². The van der Waals surface area contributed by atoms with E-state index in [1.807, 2.05) is 18.2 Å². The van der Waals surface area contributed by atoms with E-state index in [-0.39, 0.29) is 5.56 Å². The number of carbonyl (C=O) groups is 1. The van der Waals surface area contributed by atoms with Crippen molar-refractivity contribution in [3.05, 3.63) is 58.1 Å². The topological polar surface area (TPSA) is 46.5 Å². The van der Waals surface area contributed by atoms with Gasteiger partial charge in [-0.1, -0.05) is 29.8 Å².